The zero-order valence-electron chi connectivity index (χ0n) is 12.4. The van der Waals surface area contributed by atoms with Gasteiger partial charge in [-0.15, -0.1) is 6.58 Å². The molecule has 0 heterocycles. The molecule has 0 spiro atoms. The van der Waals surface area contributed by atoms with Crippen LogP contribution in [0.3, 0.4) is 0 Å². The zero-order chi connectivity index (χ0) is 14.0. The maximum absolute atomic E-state index is 11.6. The summed E-state index contributed by atoms with van der Waals surface area (Å²) in [5.41, 5.74) is -0.447. The van der Waals surface area contributed by atoms with E-state index >= 15 is 0 Å². The van der Waals surface area contributed by atoms with Crippen LogP contribution in [-0.4, -0.2) is 17.7 Å². The van der Waals surface area contributed by atoms with Gasteiger partial charge >= 0.3 is 6.09 Å². The van der Waals surface area contributed by atoms with Gasteiger partial charge in [-0.25, -0.2) is 4.79 Å². The number of carbonyl (C=O) groups excluding carboxylic acids is 1. The molecule has 0 aromatic heterocycles. The Labute approximate surface area is 112 Å². The number of alkyl carbamates (subject to hydrolysis) is 1. The first kappa shape index (κ1) is 17.0. The average Bonchev–Trinajstić information content (AvgIpc) is 2.24. The highest BCUT2D eigenvalue weighted by Crippen LogP contribution is 2.10. The second kappa shape index (κ2) is 9.01. The van der Waals surface area contributed by atoms with Gasteiger partial charge in [0.05, 0.1) is 6.04 Å². The highest BCUT2D eigenvalue weighted by atomic mass is 16.6. The number of amides is 1. The van der Waals surface area contributed by atoms with Crippen LogP contribution in [0, 0.1) is 0 Å². The lowest BCUT2D eigenvalue weighted by molar-refractivity contribution is 0.0512. The van der Waals surface area contributed by atoms with Crippen LogP contribution >= 0.6 is 0 Å². The minimum Gasteiger partial charge on any atom is -0.444 e. The zero-order valence-corrected chi connectivity index (χ0v) is 12.4. The molecule has 1 N–H and O–H groups in total. The average molecular weight is 255 g/mol. The molecule has 18 heavy (non-hydrogen) atoms. The van der Waals surface area contributed by atoms with Gasteiger partial charge in [0, 0.05) is 0 Å². The van der Waals surface area contributed by atoms with Gasteiger partial charge < -0.3 is 10.1 Å². The molecule has 1 amide bonds. The molecule has 0 fully saturated rings. The molecule has 0 saturated heterocycles. The first-order valence-electron chi connectivity index (χ1n) is 7.01. The first-order chi connectivity index (χ1) is 8.39. The molecule has 3 nitrogen and oxygen atoms in total. The molecule has 0 bridgehead atoms. The van der Waals surface area contributed by atoms with E-state index in [-0.39, 0.29) is 12.1 Å². The first-order valence-corrected chi connectivity index (χ1v) is 7.01. The predicted octanol–water partition coefficient (Wildman–Crippen LogP) is 4.43. The van der Waals surface area contributed by atoms with E-state index in [0.29, 0.717) is 0 Å². The molecule has 3 heteroatoms. The Morgan fingerprint density at radius 1 is 1.28 bits per heavy atom. The summed E-state index contributed by atoms with van der Waals surface area (Å²) in [4.78, 5) is 11.6. The number of hydrogen-bond donors (Lipinski definition) is 1. The smallest absolute Gasteiger partial charge is 0.408 e. The third-order valence-corrected chi connectivity index (χ3v) is 2.61. The molecule has 106 valence electrons. The van der Waals surface area contributed by atoms with Gasteiger partial charge in [0.25, 0.3) is 0 Å². The molecule has 0 saturated carbocycles. The molecular weight excluding hydrogens is 226 g/mol. The molecule has 1 atom stereocenters. The molecule has 0 aromatic carbocycles. The van der Waals surface area contributed by atoms with Crippen LogP contribution in [0.1, 0.15) is 66.2 Å². The summed E-state index contributed by atoms with van der Waals surface area (Å²) in [5, 5.41) is 2.83. The normalized spacial score (nSPS) is 12.9. The van der Waals surface area contributed by atoms with Gasteiger partial charge in [-0.2, -0.15) is 0 Å². The summed E-state index contributed by atoms with van der Waals surface area (Å²) in [5.74, 6) is 0. The summed E-state index contributed by atoms with van der Waals surface area (Å²) in [7, 11) is 0. The lowest BCUT2D eigenvalue weighted by atomic mass is 10.1. The summed E-state index contributed by atoms with van der Waals surface area (Å²) >= 11 is 0. The monoisotopic (exact) mass is 255 g/mol. The standard InChI is InChI=1S/C15H29NO2/c1-6-8-9-10-11-12-13(7-2)16-14(17)18-15(3,4)5/h7,13H,2,6,8-12H2,1,3-5H3,(H,16,17). The van der Waals surface area contributed by atoms with E-state index in [0.717, 1.165) is 12.8 Å². The van der Waals surface area contributed by atoms with Gasteiger partial charge in [0.15, 0.2) is 0 Å². The number of ether oxygens (including phenoxy) is 1. The van der Waals surface area contributed by atoms with Crippen molar-refractivity contribution in [2.75, 3.05) is 0 Å². The van der Waals surface area contributed by atoms with Crippen molar-refractivity contribution >= 4 is 6.09 Å². The van der Waals surface area contributed by atoms with Crippen molar-refractivity contribution in [1.82, 2.24) is 5.32 Å². The van der Waals surface area contributed by atoms with Crippen molar-refractivity contribution in [1.29, 1.82) is 0 Å². The van der Waals surface area contributed by atoms with Crippen LogP contribution in [0.5, 0.6) is 0 Å². The third-order valence-electron chi connectivity index (χ3n) is 2.61. The topological polar surface area (TPSA) is 38.3 Å². The number of unbranched alkanes of at least 4 members (excludes halogenated alkanes) is 4. The molecule has 0 radical (unpaired) electrons. The van der Waals surface area contributed by atoms with Crippen LogP contribution in [-0.2, 0) is 4.74 Å². The van der Waals surface area contributed by atoms with Gasteiger partial charge in [-0.1, -0.05) is 45.1 Å². The quantitative estimate of drug-likeness (QED) is 0.515. The van der Waals surface area contributed by atoms with Crippen molar-refractivity contribution in [3.63, 3.8) is 0 Å². The summed E-state index contributed by atoms with van der Waals surface area (Å²) < 4.78 is 5.22. The van der Waals surface area contributed by atoms with Crippen molar-refractivity contribution in [2.24, 2.45) is 0 Å². The van der Waals surface area contributed by atoms with Crippen LogP contribution in [0.2, 0.25) is 0 Å². The molecule has 0 aliphatic carbocycles. The largest absolute Gasteiger partial charge is 0.444 e. The van der Waals surface area contributed by atoms with Crippen molar-refractivity contribution < 1.29 is 9.53 Å². The van der Waals surface area contributed by atoms with E-state index in [9.17, 15) is 4.79 Å². The number of nitrogens with one attached hydrogen (secondary N) is 1. The molecular formula is C15H29NO2. The van der Waals surface area contributed by atoms with E-state index in [1.807, 2.05) is 20.8 Å². The molecule has 1 unspecified atom stereocenters. The van der Waals surface area contributed by atoms with Crippen molar-refractivity contribution in [3.05, 3.63) is 12.7 Å². The van der Waals surface area contributed by atoms with Crippen LogP contribution in [0.25, 0.3) is 0 Å². The maximum atomic E-state index is 11.6. The van der Waals surface area contributed by atoms with E-state index in [1.165, 1.54) is 25.7 Å². The van der Waals surface area contributed by atoms with Gasteiger partial charge in [0.1, 0.15) is 5.60 Å². The Hall–Kier alpha value is -0.990. The molecule has 0 aliphatic rings. The Balaban J connectivity index is 3.82. The van der Waals surface area contributed by atoms with Crippen molar-refractivity contribution in [2.45, 2.75) is 77.9 Å². The van der Waals surface area contributed by atoms with Gasteiger partial charge in [-0.3, -0.25) is 0 Å². The van der Waals surface area contributed by atoms with Crippen LogP contribution < -0.4 is 5.32 Å². The highest BCUT2D eigenvalue weighted by Gasteiger charge is 2.17. The fraction of sp³-hybridized carbons (Fsp3) is 0.800. The third kappa shape index (κ3) is 10.2. The molecule has 0 aliphatic heterocycles. The Morgan fingerprint density at radius 3 is 2.39 bits per heavy atom. The fourth-order valence-electron chi connectivity index (χ4n) is 1.68. The van der Waals surface area contributed by atoms with E-state index in [1.54, 1.807) is 6.08 Å². The lowest BCUT2D eigenvalue weighted by Crippen LogP contribution is -2.38. The fourth-order valence-corrected chi connectivity index (χ4v) is 1.68. The predicted molar refractivity (Wildman–Crippen MR) is 76.7 cm³/mol. The number of rotatable bonds is 8. The minimum absolute atomic E-state index is 0.0153. The summed E-state index contributed by atoms with van der Waals surface area (Å²) in [6, 6.07) is 0.0153. The Kier molecular flexibility index (Phi) is 8.51. The number of carbonyl (C=O) groups is 1. The van der Waals surface area contributed by atoms with Gasteiger partial charge in [0.2, 0.25) is 0 Å². The Morgan fingerprint density at radius 2 is 1.89 bits per heavy atom. The molecule has 0 rings (SSSR count). The lowest BCUT2D eigenvalue weighted by Gasteiger charge is -2.22. The molecule has 0 aromatic rings. The van der Waals surface area contributed by atoms with Crippen molar-refractivity contribution in [3.8, 4) is 0 Å². The summed E-state index contributed by atoms with van der Waals surface area (Å²) in [6.07, 6.45) is 8.50. The second-order valence-electron chi connectivity index (χ2n) is 5.69. The van der Waals surface area contributed by atoms with E-state index in [4.69, 9.17) is 4.74 Å². The van der Waals surface area contributed by atoms with Gasteiger partial charge in [-0.05, 0) is 27.2 Å². The van der Waals surface area contributed by atoms with Crippen LogP contribution in [0.15, 0.2) is 12.7 Å². The number of hydrogen-bond acceptors (Lipinski definition) is 2. The van der Waals surface area contributed by atoms with E-state index < -0.39 is 5.60 Å². The second-order valence-corrected chi connectivity index (χ2v) is 5.69. The van der Waals surface area contributed by atoms with Crippen LogP contribution in [0.4, 0.5) is 4.79 Å². The van der Waals surface area contributed by atoms with E-state index in [2.05, 4.69) is 18.8 Å². The maximum Gasteiger partial charge on any atom is 0.408 e. The SMILES string of the molecule is C=CC(CCCCCCC)NC(=O)OC(C)(C)C. The minimum atomic E-state index is -0.447. The highest BCUT2D eigenvalue weighted by molar-refractivity contribution is 5.68. The Bertz CT molecular complexity index is 243. The summed E-state index contributed by atoms with van der Waals surface area (Å²) in [6.45, 7) is 11.5.